The highest BCUT2D eigenvalue weighted by Gasteiger charge is 2.27. The van der Waals surface area contributed by atoms with Crippen LogP contribution in [0.5, 0.6) is 5.75 Å². The molecule has 158 valence electrons. The van der Waals surface area contributed by atoms with Crippen LogP contribution in [0.25, 0.3) is 0 Å². The molecule has 2 fully saturated rings. The highest BCUT2D eigenvalue weighted by atomic mass is 35.5. The molecule has 8 nitrogen and oxygen atoms in total. The van der Waals surface area contributed by atoms with Gasteiger partial charge in [-0.25, -0.2) is 8.42 Å². The Labute approximate surface area is 172 Å². The first-order valence-corrected chi connectivity index (χ1v) is 10.8. The van der Waals surface area contributed by atoms with E-state index in [1.165, 1.54) is 29.3 Å². The number of carbonyl (C=O) groups is 1. The third-order valence-corrected chi connectivity index (χ3v) is 6.44. The fourth-order valence-electron chi connectivity index (χ4n) is 2.89. The quantitative estimate of drug-likeness (QED) is 0.612. The summed E-state index contributed by atoms with van der Waals surface area (Å²) >= 11 is 0. The number of carbonyl (C=O) groups excluding carboxylic acids is 1. The maximum Gasteiger partial charge on any atom is 0.243 e. The van der Waals surface area contributed by atoms with Gasteiger partial charge in [-0.1, -0.05) is 0 Å². The maximum absolute atomic E-state index is 12.9. The normalized spacial score (nSPS) is 17.6. The number of anilines is 1. The number of ether oxygens (including phenoxy) is 2. The number of hydrogen-bond acceptors (Lipinski definition) is 6. The van der Waals surface area contributed by atoms with Gasteiger partial charge in [0.05, 0.1) is 36.9 Å². The second kappa shape index (κ2) is 10.4. The summed E-state index contributed by atoms with van der Waals surface area (Å²) in [7, 11) is -3.64. The number of nitrogens with one attached hydrogen (secondary N) is 2. The predicted octanol–water partition coefficient (Wildman–Crippen LogP) is 1.47. The average molecular weight is 434 g/mol. The molecule has 3 rings (SSSR count). The average Bonchev–Trinajstić information content (AvgIpc) is 3.48. The molecule has 2 N–H and O–H groups in total. The van der Waals surface area contributed by atoms with E-state index in [0.717, 1.165) is 6.54 Å². The first-order valence-electron chi connectivity index (χ1n) is 9.36. The molecule has 0 radical (unpaired) electrons. The third kappa shape index (κ3) is 6.05. The SMILES string of the molecule is CCOc1ccc(S(=O)(=O)N2CCOCC2)cc1NC(=O)CNCC1CC1.Cl. The summed E-state index contributed by atoms with van der Waals surface area (Å²) in [5, 5.41) is 5.89. The number of hydrogen-bond donors (Lipinski definition) is 2. The predicted molar refractivity (Wildman–Crippen MR) is 109 cm³/mol. The summed E-state index contributed by atoms with van der Waals surface area (Å²) in [6.45, 7) is 4.67. The Morgan fingerprint density at radius 1 is 1.29 bits per heavy atom. The molecular formula is C18H28ClN3O5S. The summed E-state index contributed by atoms with van der Waals surface area (Å²) in [6, 6.07) is 4.56. The minimum atomic E-state index is -3.64. The van der Waals surface area contributed by atoms with Gasteiger partial charge in [0, 0.05) is 13.1 Å². The zero-order valence-corrected chi connectivity index (χ0v) is 17.6. The minimum Gasteiger partial charge on any atom is -0.492 e. The van der Waals surface area contributed by atoms with E-state index < -0.39 is 10.0 Å². The van der Waals surface area contributed by atoms with E-state index in [1.54, 1.807) is 6.07 Å². The van der Waals surface area contributed by atoms with Crippen LogP contribution in [0.4, 0.5) is 5.69 Å². The van der Waals surface area contributed by atoms with Crippen molar-refractivity contribution < 1.29 is 22.7 Å². The minimum absolute atomic E-state index is 0. The molecule has 1 aromatic carbocycles. The van der Waals surface area contributed by atoms with Crippen LogP contribution in [0.3, 0.4) is 0 Å². The molecule has 0 atom stereocenters. The highest BCUT2D eigenvalue weighted by Crippen LogP contribution is 2.30. The van der Waals surface area contributed by atoms with Crippen LogP contribution in [0.15, 0.2) is 23.1 Å². The van der Waals surface area contributed by atoms with Crippen molar-refractivity contribution in [3.63, 3.8) is 0 Å². The van der Waals surface area contributed by atoms with E-state index in [-0.39, 0.29) is 29.8 Å². The molecule has 1 aromatic rings. The highest BCUT2D eigenvalue weighted by molar-refractivity contribution is 7.89. The fraction of sp³-hybridized carbons (Fsp3) is 0.611. The first-order chi connectivity index (χ1) is 13.0. The van der Waals surface area contributed by atoms with E-state index in [0.29, 0.717) is 50.3 Å². The van der Waals surface area contributed by atoms with Crippen molar-refractivity contribution in [2.75, 3.05) is 51.3 Å². The summed E-state index contributed by atoms with van der Waals surface area (Å²) in [5.41, 5.74) is 0.365. The van der Waals surface area contributed by atoms with Crippen molar-refractivity contribution in [3.8, 4) is 5.75 Å². The second-order valence-corrected chi connectivity index (χ2v) is 8.67. The van der Waals surface area contributed by atoms with Gasteiger partial charge in [-0.15, -0.1) is 12.4 Å². The standard InChI is InChI=1S/C18H27N3O5S.ClH/c1-2-26-17-6-5-15(27(23,24)21-7-9-25-10-8-21)11-16(17)20-18(22)13-19-12-14-3-4-14;/h5-6,11,14,19H,2-4,7-10,12-13H2,1H3,(H,20,22);1H. The van der Waals surface area contributed by atoms with Crippen LogP contribution in [0, 0.1) is 5.92 Å². The molecule has 2 aliphatic rings. The Morgan fingerprint density at radius 2 is 2.00 bits per heavy atom. The molecule has 0 spiro atoms. The van der Waals surface area contributed by atoms with Gasteiger partial charge in [0.2, 0.25) is 15.9 Å². The van der Waals surface area contributed by atoms with Crippen LogP contribution >= 0.6 is 12.4 Å². The van der Waals surface area contributed by atoms with Crippen molar-refractivity contribution in [3.05, 3.63) is 18.2 Å². The topological polar surface area (TPSA) is 97.0 Å². The van der Waals surface area contributed by atoms with Gasteiger partial charge >= 0.3 is 0 Å². The molecule has 0 aromatic heterocycles. The lowest BCUT2D eigenvalue weighted by atomic mass is 10.3. The Morgan fingerprint density at radius 3 is 2.64 bits per heavy atom. The summed E-state index contributed by atoms with van der Waals surface area (Å²) in [4.78, 5) is 12.4. The van der Waals surface area contributed by atoms with Gasteiger partial charge in [0.15, 0.2) is 0 Å². The Balaban J connectivity index is 0.00000280. The van der Waals surface area contributed by atoms with Gasteiger partial charge in [-0.3, -0.25) is 4.79 Å². The molecule has 1 aliphatic carbocycles. The lowest BCUT2D eigenvalue weighted by Crippen LogP contribution is -2.40. The summed E-state index contributed by atoms with van der Waals surface area (Å²) in [6.07, 6.45) is 2.43. The van der Waals surface area contributed by atoms with Crippen LogP contribution < -0.4 is 15.4 Å². The summed E-state index contributed by atoms with van der Waals surface area (Å²) < 4.78 is 37.9. The molecule has 28 heavy (non-hydrogen) atoms. The summed E-state index contributed by atoms with van der Waals surface area (Å²) in [5.74, 6) is 0.908. The molecule has 1 aliphatic heterocycles. The molecule has 0 unspecified atom stereocenters. The van der Waals surface area contributed by atoms with Crippen LogP contribution in [0.1, 0.15) is 19.8 Å². The number of morpholine rings is 1. The number of halogens is 1. The van der Waals surface area contributed by atoms with E-state index >= 15 is 0 Å². The first kappa shape index (κ1) is 22.9. The van der Waals surface area contributed by atoms with Gasteiger partial charge in [0.1, 0.15) is 5.75 Å². The van der Waals surface area contributed by atoms with Crippen LogP contribution in [-0.2, 0) is 19.6 Å². The Hall–Kier alpha value is -1.39. The number of sulfonamides is 1. The molecule has 10 heteroatoms. The zero-order valence-electron chi connectivity index (χ0n) is 16.0. The molecular weight excluding hydrogens is 406 g/mol. The maximum atomic E-state index is 12.9. The molecule has 1 amide bonds. The van der Waals surface area contributed by atoms with Gasteiger partial charge in [0.25, 0.3) is 0 Å². The zero-order chi connectivity index (χ0) is 19.3. The van der Waals surface area contributed by atoms with Gasteiger partial charge in [-0.2, -0.15) is 4.31 Å². The van der Waals surface area contributed by atoms with Gasteiger partial charge < -0.3 is 20.1 Å². The molecule has 0 bridgehead atoms. The van der Waals surface area contributed by atoms with Crippen molar-refractivity contribution >= 4 is 34.0 Å². The lowest BCUT2D eigenvalue weighted by Gasteiger charge is -2.26. The van der Waals surface area contributed by atoms with Crippen molar-refractivity contribution in [2.24, 2.45) is 5.92 Å². The van der Waals surface area contributed by atoms with E-state index in [2.05, 4.69) is 10.6 Å². The van der Waals surface area contributed by atoms with Crippen molar-refractivity contribution in [1.29, 1.82) is 0 Å². The monoisotopic (exact) mass is 433 g/mol. The molecule has 1 heterocycles. The lowest BCUT2D eigenvalue weighted by molar-refractivity contribution is -0.115. The van der Waals surface area contributed by atoms with E-state index in [4.69, 9.17) is 9.47 Å². The number of rotatable bonds is 9. The van der Waals surface area contributed by atoms with Crippen molar-refractivity contribution in [1.82, 2.24) is 9.62 Å². The number of amides is 1. The van der Waals surface area contributed by atoms with Crippen LogP contribution in [-0.4, -0.2) is 64.6 Å². The number of nitrogens with zero attached hydrogens (tertiary/aromatic N) is 1. The smallest absolute Gasteiger partial charge is 0.243 e. The van der Waals surface area contributed by atoms with Crippen molar-refractivity contribution in [2.45, 2.75) is 24.7 Å². The van der Waals surface area contributed by atoms with Crippen LogP contribution in [0.2, 0.25) is 0 Å². The fourth-order valence-corrected chi connectivity index (χ4v) is 4.33. The molecule has 1 saturated carbocycles. The third-order valence-electron chi connectivity index (χ3n) is 4.55. The second-order valence-electron chi connectivity index (χ2n) is 6.73. The number of benzene rings is 1. The van der Waals surface area contributed by atoms with E-state index in [1.807, 2.05) is 6.92 Å². The molecule has 1 saturated heterocycles. The largest absolute Gasteiger partial charge is 0.492 e. The Kier molecular flexibility index (Phi) is 8.51. The van der Waals surface area contributed by atoms with E-state index in [9.17, 15) is 13.2 Å². The Bertz CT molecular complexity index is 764. The van der Waals surface area contributed by atoms with Gasteiger partial charge in [-0.05, 0) is 50.4 Å².